The molecule has 1 saturated heterocycles. The summed E-state index contributed by atoms with van der Waals surface area (Å²) in [4.78, 5) is 0. The highest BCUT2D eigenvalue weighted by molar-refractivity contribution is 7.99. The molecule has 5 heteroatoms. The zero-order valence-corrected chi connectivity index (χ0v) is 11.0. The highest BCUT2D eigenvalue weighted by Crippen LogP contribution is 2.29. The summed E-state index contributed by atoms with van der Waals surface area (Å²) >= 11 is 1.94. The van der Waals surface area contributed by atoms with Gasteiger partial charge in [0.1, 0.15) is 5.82 Å². The number of nitrogens with one attached hydrogen (secondary N) is 1. The molecule has 0 radical (unpaired) electrons. The van der Waals surface area contributed by atoms with Crippen LogP contribution in [0.1, 0.15) is 37.9 Å². The molecule has 2 aliphatic heterocycles. The third-order valence-electron chi connectivity index (χ3n) is 3.63. The van der Waals surface area contributed by atoms with Crippen molar-refractivity contribution in [1.82, 2.24) is 20.1 Å². The van der Waals surface area contributed by atoms with Crippen LogP contribution in [-0.4, -0.2) is 33.1 Å². The first-order valence-electron chi connectivity index (χ1n) is 6.73. The summed E-state index contributed by atoms with van der Waals surface area (Å²) in [6.45, 7) is 3.42. The van der Waals surface area contributed by atoms with E-state index in [-0.39, 0.29) is 0 Å². The predicted molar refractivity (Wildman–Crippen MR) is 69.3 cm³/mol. The van der Waals surface area contributed by atoms with Crippen LogP contribution in [0, 0.1) is 0 Å². The molecular weight excluding hydrogens is 232 g/mol. The number of aromatic nitrogens is 3. The van der Waals surface area contributed by atoms with Crippen molar-refractivity contribution in [2.75, 3.05) is 13.1 Å². The van der Waals surface area contributed by atoms with Gasteiger partial charge in [0.15, 0.2) is 5.16 Å². The Morgan fingerprint density at radius 1 is 1.12 bits per heavy atom. The first-order chi connectivity index (χ1) is 8.43. The summed E-state index contributed by atoms with van der Waals surface area (Å²) in [5.41, 5.74) is 0. The Morgan fingerprint density at radius 3 is 2.88 bits per heavy atom. The molecule has 1 fully saturated rings. The molecule has 0 aliphatic carbocycles. The molecule has 1 N–H and O–H groups in total. The van der Waals surface area contributed by atoms with Gasteiger partial charge in [-0.3, -0.25) is 0 Å². The smallest absolute Gasteiger partial charge is 0.191 e. The van der Waals surface area contributed by atoms with Crippen LogP contribution in [0.2, 0.25) is 0 Å². The van der Waals surface area contributed by atoms with Crippen molar-refractivity contribution < 1.29 is 0 Å². The standard InChI is InChI=1S/C12H20N4S/c1-2-4-11-14-15-12(16(11)9-3-1)17-10-5-7-13-8-6-10/h10,13H,1-9H2. The summed E-state index contributed by atoms with van der Waals surface area (Å²) in [6.07, 6.45) is 7.52. The fourth-order valence-corrected chi connectivity index (χ4v) is 3.79. The van der Waals surface area contributed by atoms with E-state index < -0.39 is 0 Å². The monoisotopic (exact) mass is 252 g/mol. The summed E-state index contributed by atoms with van der Waals surface area (Å²) in [5, 5.41) is 14.0. The van der Waals surface area contributed by atoms with Crippen molar-refractivity contribution in [3.05, 3.63) is 5.82 Å². The van der Waals surface area contributed by atoms with Crippen LogP contribution in [-0.2, 0) is 13.0 Å². The molecule has 17 heavy (non-hydrogen) atoms. The zero-order chi connectivity index (χ0) is 11.5. The Balaban J connectivity index is 1.71. The van der Waals surface area contributed by atoms with Gasteiger partial charge in [-0.05, 0) is 38.8 Å². The van der Waals surface area contributed by atoms with Crippen LogP contribution in [0.5, 0.6) is 0 Å². The lowest BCUT2D eigenvalue weighted by atomic mass is 10.2. The van der Waals surface area contributed by atoms with Crippen molar-refractivity contribution in [2.45, 2.75) is 55.5 Å². The molecule has 0 aromatic carbocycles. The number of fused-ring (bicyclic) bond motifs is 1. The van der Waals surface area contributed by atoms with E-state index in [0.29, 0.717) is 0 Å². The normalized spacial score (nSPS) is 22.1. The van der Waals surface area contributed by atoms with Crippen molar-refractivity contribution in [2.24, 2.45) is 0 Å². The molecular formula is C12H20N4S. The summed E-state index contributed by atoms with van der Waals surface area (Å²) in [5.74, 6) is 1.21. The van der Waals surface area contributed by atoms with E-state index in [0.717, 1.165) is 36.5 Å². The molecule has 2 aliphatic rings. The SMILES string of the molecule is C1CCc2nnc(SC3CCNCC3)n2CC1. The van der Waals surface area contributed by atoms with Gasteiger partial charge in [0.25, 0.3) is 0 Å². The Labute approximate surface area is 107 Å². The maximum atomic E-state index is 4.39. The van der Waals surface area contributed by atoms with Crippen LogP contribution in [0.25, 0.3) is 0 Å². The molecule has 4 nitrogen and oxygen atoms in total. The number of rotatable bonds is 2. The molecule has 0 bridgehead atoms. The molecule has 0 unspecified atom stereocenters. The van der Waals surface area contributed by atoms with E-state index in [9.17, 15) is 0 Å². The van der Waals surface area contributed by atoms with Gasteiger partial charge in [-0.15, -0.1) is 10.2 Å². The summed E-state index contributed by atoms with van der Waals surface area (Å²) < 4.78 is 2.36. The molecule has 3 rings (SSSR count). The van der Waals surface area contributed by atoms with Crippen molar-refractivity contribution >= 4 is 11.8 Å². The first kappa shape index (κ1) is 11.5. The Kier molecular flexibility index (Phi) is 3.66. The average Bonchev–Trinajstić information content (AvgIpc) is 2.61. The Hall–Kier alpha value is -0.550. The largest absolute Gasteiger partial charge is 0.317 e. The molecule has 1 aromatic rings. The molecule has 1 aromatic heterocycles. The number of hydrogen-bond donors (Lipinski definition) is 1. The molecule has 0 saturated carbocycles. The van der Waals surface area contributed by atoms with Gasteiger partial charge in [-0.2, -0.15) is 0 Å². The number of aryl methyl sites for hydroxylation is 1. The third-order valence-corrected chi connectivity index (χ3v) is 4.95. The number of nitrogens with zero attached hydrogens (tertiary/aromatic N) is 3. The highest BCUT2D eigenvalue weighted by Gasteiger charge is 2.20. The topological polar surface area (TPSA) is 42.7 Å². The maximum absolute atomic E-state index is 4.39. The van der Waals surface area contributed by atoms with E-state index in [4.69, 9.17) is 0 Å². The van der Waals surface area contributed by atoms with Crippen molar-refractivity contribution in [3.8, 4) is 0 Å². The first-order valence-corrected chi connectivity index (χ1v) is 7.61. The number of piperidine rings is 1. The molecule has 3 heterocycles. The average molecular weight is 252 g/mol. The third kappa shape index (κ3) is 2.65. The lowest BCUT2D eigenvalue weighted by molar-refractivity contribution is 0.527. The van der Waals surface area contributed by atoms with Gasteiger partial charge in [0, 0.05) is 18.2 Å². The second-order valence-corrected chi connectivity index (χ2v) is 6.20. The molecule has 94 valence electrons. The lowest BCUT2D eigenvalue weighted by Gasteiger charge is -2.21. The van der Waals surface area contributed by atoms with Gasteiger partial charge < -0.3 is 9.88 Å². The van der Waals surface area contributed by atoms with Gasteiger partial charge in [-0.1, -0.05) is 18.2 Å². The van der Waals surface area contributed by atoms with Crippen LogP contribution in [0.4, 0.5) is 0 Å². The van der Waals surface area contributed by atoms with Crippen molar-refractivity contribution in [1.29, 1.82) is 0 Å². The van der Waals surface area contributed by atoms with Crippen LogP contribution >= 0.6 is 11.8 Å². The summed E-state index contributed by atoms with van der Waals surface area (Å²) in [7, 11) is 0. The van der Waals surface area contributed by atoms with E-state index in [1.807, 2.05) is 11.8 Å². The minimum Gasteiger partial charge on any atom is -0.317 e. The van der Waals surface area contributed by atoms with Crippen molar-refractivity contribution in [3.63, 3.8) is 0 Å². The predicted octanol–water partition coefficient (Wildman–Crippen LogP) is 1.85. The van der Waals surface area contributed by atoms with Gasteiger partial charge >= 0.3 is 0 Å². The van der Waals surface area contributed by atoms with Gasteiger partial charge in [0.2, 0.25) is 0 Å². The highest BCUT2D eigenvalue weighted by atomic mass is 32.2. The lowest BCUT2D eigenvalue weighted by Crippen LogP contribution is -2.29. The van der Waals surface area contributed by atoms with E-state index >= 15 is 0 Å². The van der Waals surface area contributed by atoms with E-state index in [2.05, 4.69) is 20.1 Å². The van der Waals surface area contributed by atoms with Gasteiger partial charge in [0.05, 0.1) is 0 Å². The van der Waals surface area contributed by atoms with Gasteiger partial charge in [-0.25, -0.2) is 0 Å². The Morgan fingerprint density at radius 2 is 2.00 bits per heavy atom. The fraction of sp³-hybridized carbons (Fsp3) is 0.833. The minimum atomic E-state index is 0.729. The second-order valence-electron chi connectivity index (χ2n) is 4.93. The van der Waals surface area contributed by atoms with Crippen LogP contribution < -0.4 is 5.32 Å². The van der Waals surface area contributed by atoms with Crippen LogP contribution in [0.15, 0.2) is 5.16 Å². The van der Waals surface area contributed by atoms with E-state index in [1.165, 1.54) is 37.9 Å². The molecule has 0 amide bonds. The molecule has 0 spiro atoms. The number of thioether (sulfide) groups is 1. The quantitative estimate of drug-likeness (QED) is 0.872. The molecule has 0 atom stereocenters. The van der Waals surface area contributed by atoms with E-state index in [1.54, 1.807) is 0 Å². The maximum Gasteiger partial charge on any atom is 0.191 e. The number of hydrogen-bond acceptors (Lipinski definition) is 4. The van der Waals surface area contributed by atoms with Crippen LogP contribution in [0.3, 0.4) is 0 Å². The fourth-order valence-electron chi connectivity index (χ4n) is 2.61. The zero-order valence-electron chi connectivity index (χ0n) is 10.2. The Bertz CT molecular complexity index is 371. The minimum absolute atomic E-state index is 0.729. The second kappa shape index (κ2) is 5.40. The summed E-state index contributed by atoms with van der Waals surface area (Å²) in [6, 6.07) is 0.